The molecular formula is C25H34Cl3FN2O2S. The zero-order chi connectivity index (χ0) is 26.0. The molecule has 0 radical (unpaired) electrons. The molecule has 2 fully saturated rings. The van der Waals surface area contributed by atoms with Gasteiger partial charge in [-0.2, -0.15) is 0 Å². The van der Waals surface area contributed by atoms with Crippen LogP contribution in [0.5, 0.6) is 5.75 Å². The van der Waals surface area contributed by atoms with Crippen LogP contribution in [-0.4, -0.2) is 41.1 Å². The number of hydrogen-bond acceptors (Lipinski definition) is 4. The molecule has 1 amide bonds. The van der Waals surface area contributed by atoms with E-state index in [2.05, 4.69) is 4.90 Å². The number of halogens is 4. The van der Waals surface area contributed by atoms with Gasteiger partial charge in [-0.05, 0) is 64.8 Å². The first-order chi connectivity index (χ1) is 16.4. The molecule has 9 heteroatoms. The Balaban J connectivity index is 0.000000894. The summed E-state index contributed by atoms with van der Waals surface area (Å²) in [4.78, 5) is 17.6. The van der Waals surface area contributed by atoms with Crippen molar-refractivity contribution in [1.82, 2.24) is 4.90 Å². The highest BCUT2D eigenvalue weighted by Crippen LogP contribution is 2.45. The first kappa shape index (κ1) is 30.7. The van der Waals surface area contributed by atoms with E-state index in [1.165, 1.54) is 12.1 Å². The highest BCUT2D eigenvalue weighted by molar-refractivity contribution is 8.21. The molecule has 4 nitrogen and oxygen atoms in total. The van der Waals surface area contributed by atoms with E-state index in [1.807, 2.05) is 47.6 Å². The smallest absolute Gasteiger partial charge is 0.255 e. The maximum absolute atomic E-state index is 13.3. The molecule has 2 aliphatic rings. The Bertz CT molecular complexity index is 935. The Kier molecular flexibility index (Phi) is 13.5. The molecule has 2 aliphatic heterocycles. The van der Waals surface area contributed by atoms with Crippen LogP contribution >= 0.6 is 44.9 Å². The number of aromatic hydroxyl groups is 1. The van der Waals surface area contributed by atoms with Crippen molar-refractivity contribution in [3.63, 3.8) is 0 Å². The van der Waals surface area contributed by atoms with Crippen molar-refractivity contribution in [2.24, 2.45) is 0 Å². The highest BCUT2D eigenvalue weighted by Gasteiger charge is 2.43. The fraction of sp³-hybridized carbons (Fsp3) is 0.480. The molecule has 0 saturated carbocycles. The lowest BCUT2D eigenvalue weighted by Gasteiger charge is -2.42. The van der Waals surface area contributed by atoms with Gasteiger partial charge < -0.3 is 14.9 Å². The van der Waals surface area contributed by atoms with Crippen molar-refractivity contribution in [2.45, 2.75) is 71.4 Å². The molecule has 2 heterocycles. The Morgan fingerprint density at radius 2 is 1.53 bits per heavy atom. The molecule has 2 aromatic carbocycles. The molecule has 2 atom stereocenters. The summed E-state index contributed by atoms with van der Waals surface area (Å²) in [5.41, 5.74) is 0.928. The van der Waals surface area contributed by atoms with Gasteiger partial charge in [0.05, 0.1) is 21.3 Å². The van der Waals surface area contributed by atoms with Crippen LogP contribution in [-0.2, 0) is 0 Å². The maximum atomic E-state index is 13.3. The van der Waals surface area contributed by atoms with E-state index in [0.29, 0.717) is 24.3 Å². The number of nitrogens with zero attached hydrogens (tertiary/aromatic N) is 2. The van der Waals surface area contributed by atoms with E-state index in [-0.39, 0.29) is 33.8 Å². The molecule has 2 saturated heterocycles. The van der Waals surface area contributed by atoms with Gasteiger partial charge in [0.25, 0.3) is 5.91 Å². The van der Waals surface area contributed by atoms with Gasteiger partial charge >= 0.3 is 0 Å². The number of hydrogen-bond donors (Lipinski definition) is 1. The van der Waals surface area contributed by atoms with Crippen LogP contribution in [0.4, 0.5) is 10.1 Å². The Hall–Kier alpha value is -1.34. The number of rotatable bonds is 3. The van der Waals surface area contributed by atoms with Crippen LogP contribution in [0.1, 0.15) is 64.7 Å². The fourth-order valence-corrected chi connectivity index (χ4v) is 5.21. The van der Waals surface area contributed by atoms with Crippen molar-refractivity contribution in [3.8, 4) is 5.75 Å². The molecule has 0 aliphatic carbocycles. The van der Waals surface area contributed by atoms with Crippen LogP contribution in [0.15, 0.2) is 35.2 Å². The lowest BCUT2D eigenvalue weighted by molar-refractivity contribution is 0.0718. The van der Waals surface area contributed by atoms with Crippen LogP contribution < -0.4 is 4.90 Å². The van der Waals surface area contributed by atoms with E-state index in [9.17, 15) is 14.3 Å². The normalized spacial score (nSPS) is 18.1. The average Bonchev–Trinajstić information content (AvgIpc) is 3.12. The summed E-state index contributed by atoms with van der Waals surface area (Å²) in [7, 11) is 6.91. The van der Waals surface area contributed by atoms with Crippen LogP contribution in [0, 0.1) is 5.82 Å². The van der Waals surface area contributed by atoms with E-state index < -0.39 is 5.82 Å². The molecule has 34 heavy (non-hydrogen) atoms. The van der Waals surface area contributed by atoms with Crippen molar-refractivity contribution >= 4 is 56.5 Å². The SMILES string of the molecule is CC.CC.CC.O=C(c1ccc(F)cc1Cl)N1CC2CCC(C1)N2c1cc(SCl)cc(Cl)c1O. The summed E-state index contributed by atoms with van der Waals surface area (Å²) in [5.74, 6) is -0.668. The van der Waals surface area contributed by atoms with Crippen molar-refractivity contribution in [3.05, 3.63) is 51.8 Å². The van der Waals surface area contributed by atoms with Gasteiger partial charge in [0.1, 0.15) is 5.82 Å². The second-order valence-electron chi connectivity index (χ2n) is 6.98. The standard InChI is InChI=1S/C19H16Cl3FN2O2S.3C2H6/c20-15-5-10(23)1-4-14(15)19(27)24-8-11-2-3-12(9-24)25(11)17-7-13(28-22)6-16(21)18(17)26;3*1-2/h1,4-7,11-12,26H,2-3,8-9H2;3*1-2H3. The summed E-state index contributed by atoms with van der Waals surface area (Å²) in [6, 6.07) is 7.32. The summed E-state index contributed by atoms with van der Waals surface area (Å²) in [5, 5.41) is 10.8. The topological polar surface area (TPSA) is 43.8 Å². The lowest BCUT2D eigenvalue weighted by atomic mass is 10.1. The molecule has 0 aromatic heterocycles. The number of carbonyl (C=O) groups excluding carboxylic acids is 1. The summed E-state index contributed by atoms with van der Waals surface area (Å²) >= 11 is 12.2. The predicted octanol–water partition coefficient (Wildman–Crippen LogP) is 8.66. The van der Waals surface area contributed by atoms with Gasteiger partial charge in [-0.25, -0.2) is 4.39 Å². The third kappa shape index (κ3) is 6.87. The first-order valence-electron chi connectivity index (χ1n) is 11.7. The van der Waals surface area contributed by atoms with Gasteiger partial charge in [-0.3, -0.25) is 4.79 Å². The number of fused-ring (bicyclic) bond motifs is 2. The van der Waals surface area contributed by atoms with Crippen LogP contribution in [0.25, 0.3) is 0 Å². The third-order valence-corrected chi connectivity index (χ3v) is 6.86. The van der Waals surface area contributed by atoms with Crippen molar-refractivity contribution in [1.29, 1.82) is 0 Å². The Morgan fingerprint density at radius 3 is 2.03 bits per heavy atom. The number of piperazine rings is 1. The van der Waals surface area contributed by atoms with Crippen LogP contribution in [0.3, 0.4) is 0 Å². The minimum absolute atomic E-state index is 0.0226. The summed E-state index contributed by atoms with van der Waals surface area (Å²) < 4.78 is 13.3. The summed E-state index contributed by atoms with van der Waals surface area (Å²) in [6.45, 7) is 13.0. The highest BCUT2D eigenvalue weighted by atomic mass is 35.7. The molecule has 0 spiro atoms. The fourth-order valence-electron chi connectivity index (χ4n) is 4.10. The summed E-state index contributed by atoms with van der Waals surface area (Å²) in [6.07, 6.45) is 1.78. The number of benzene rings is 2. The second kappa shape index (κ2) is 14.9. The molecule has 2 aromatic rings. The number of likely N-dealkylation sites (tertiary alicyclic amines) is 1. The molecule has 2 unspecified atom stereocenters. The Labute approximate surface area is 221 Å². The first-order valence-corrected chi connectivity index (χ1v) is 14.1. The minimum atomic E-state index is -0.476. The average molecular weight is 552 g/mol. The largest absolute Gasteiger partial charge is 0.504 e. The third-order valence-electron chi connectivity index (χ3n) is 5.31. The van der Waals surface area contributed by atoms with E-state index in [0.717, 1.165) is 34.8 Å². The predicted molar refractivity (Wildman–Crippen MR) is 145 cm³/mol. The quantitative estimate of drug-likeness (QED) is 0.414. The van der Waals surface area contributed by atoms with Gasteiger partial charge in [-0.1, -0.05) is 64.7 Å². The lowest BCUT2D eigenvalue weighted by Crippen LogP contribution is -2.55. The monoisotopic (exact) mass is 550 g/mol. The molecule has 4 rings (SSSR count). The van der Waals surface area contributed by atoms with E-state index in [4.69, 9.17) is 33.9 Å². The van der Waals surface area contributed by atoms with Gasteiger partial charge in [0.2, 0.25) is 0 Å². The molecule has 190 valence electrons. The number of anilines is 1. The molecule has 1 N–H and O–H groups in total. The number of phenols is 1. The zero-order valence-corrected chi connectivity index (χ0v) is 23.6. The van der Waals surface area contributed by atoms with Crippen LogP contribution in [0.2, 0.25) is 10.0 Å². The minimum Gasteiger partial charge on any atom is -0.504 e. The van der Waals surface area contributed by atoms with E-state index in [1.54, 1.807) is 11.0 Å². The van der Waals surface area contributed by atoms with Crippen molar-refractivity contribution < 1.29 is 14.3 Å². The Morgan fingerprint density at radius 1 is 0.971 bits per heavy atom. The van der Waals surface area contributed by atoms with Gasteiger partial charge in [0.15, 0.2) is 5.75 Å². The molecule has 2 bridgehead atoms. The van der Waals surface area contributed by atoms with Gasteiger partial charge in [-0.15, -0.1) is 0 Å². The number of phenolic OH excluding ortho intramolecular Hbond substituents is 1. The zero-order valence-electron chi connectivity index (χ0n) is 20.5. The van der Waals surface area contributed by atoms with Gasteiger partial charge in [0, 0.05) is 30.1 Å². The number of amides is 1. The van der Waals surface area contributed by atoms with E-state index >= 15 is 0 Å². The molecular weight excluding hydrogens is 518 g/mol. The second-order valence-corrected chi connectivity index (χ2v) is 8.88. The maximum Gasteiger partial charge on any atom is 0.255 e. The van der Waals surface area contributed by atoms with Crippen molar-refractivity contribution in [2.75, 3.05) is 18.0 Å². The number of carbonyl (C=O) groups is 1.